The predicted octanol–water partition coefficient (Wildman–Crippen LogP) is 4.67. The molecule has 2 heterocycles. The number of para-hydroxylation sites is 1. The molecule has 4 rings (SSSR count). The summed E-state index contributed by atoms with van der Waals surface area (Å²) < 4.78 is 13.1. The van der Waals surface area contributed by atoms with Crippen LogP contribution in [0, 0.1) is 0 Å². The molecule has 0 spiro atoms. The van der Waals surface area contributed by atoms with E-state index in [1.807, 2.05) is 54.7 Å². The van der Waals surface area contributed by atoms with Crippen LogP contribution in [0.4, 0.5) is 4.79 Å². The average molecular weight is 523 g/mol. The second-order valence-corrected chi connectivity index (χ2v) is 8.37. The average Bonchev–Trinajstić information content (AvgIpc) is 3.28. The van der Waals surface area contributed by atoms with Gasteiger partial charge in [-0.2, -0.15) is 5.10 Å². The Hall–Kier alpha value is -3.85. The van der Waals surface area contributed by atoms with Crippen LogP contribution >= 0.6 is 15.9 Å². The van der Waals surface area contributed by atoms with E-state index in [0.29, 0.717) is 28.3 Å². The monoisotopic (exact) mass is 522 g/mol. The highest BCUT2D eigenvalue weighted by atomic mass is 79.9. The van der Waals surface area contributed by atoms with E-state index >= 15 is 0 Å². The highest BCUT2D eigenvalue weighted by molar-refractivity contribution is 9.10. The number of nitrogens with one attached hydrogen (secondary N) is 2. The summed E-state index contributed by atoms with van der Waals surface area (Å²) >= 11 is 3.53. The molecule has 0 aliphatic carbocycles. The van der Waals surface area contributed by atoms with Gasteiger partial charge in [-0.15, -0.1) is 0 Å². The molecular weight excluding hydrogens is 500 g/mol. The van der Waals surface area contributed by atoms with E-state index in [0.717, 1.165) is 15.7 Å². The van der Waals surface area contributed by atoms with Gasteiger partial charge in [0.2, 0.25) is 0 Å². The predicted molar refractivity (Wildman–Crippen MR) is 132 cm³/mol. The molecule has 174 valence electrons. The Labute approximate surface area is 205 Å². The fourth-order valence-corrected chi connectivity index (χ4v) is 4.30. The summed E-state index contributed by atoms with van der Waals surface area (Å²) in [6, 6.07) is 14.0. The summed E-state index contributed by atoms with van der Waals surface area (Å²) in [6.45, 7) is 5.31. The van der Waals surface area contributed by atoms with E-state index in [9.17, 15) is 9.59 Å². The number of amides is 2. The second-order valence-electron chi connectivity index (χ2n) is 7.52. The molecule has 0 fully saturated rings. The number of hydrogen-bond donors (Lipinski definition) is 2. The number of ether oxygens (including phenoxy) is 2. The van der Waals surface area contributed by atoms with Crippen molar-refractivity contribution in [1.82, 2.24) is 20.4 Å². The molecule has 8 nitrogen and oxygen atoms in total. The minimum Gasteiger partial charge on any atom is -0.496 e. The van der Waals surface area contributed by atoms with E-state index < -0.39 is 18.0 Å². The minimum atomic E-state index is -0.778. The SMILES string of the molecule is C=CCOC(=O)C1=C(C)NC(=O)N[C@H]1c1cn(-c2ccccc2)nc1-c1ccc(OC)c(Br)c1. The van der Waals surface area contributed by atoms with Crippen LogP contribution in [-0.2, 0) is 9.53 Å². The van der Waals surface area contributed by atoms with Crippen molar-refractivity contribution in [3.05, 3.63) is 88.7 Å². The molecule has 1 aromatic heterocycles. The van der Waals surface area contributed by atoms with Crippen molar-refractivity contribution in [3.8, 4) is 22.7 Å². The van der Waals surface area contributed by atoms with Crippen molar-refractivity contribution < 1.29 is 19.1 Å². The van der Waals surface area contributed by atoms with Gasteiger partial charge in [-0.3, -0.25) is 0 Å². The first-order valence-electron chi connectivity index (χ1n) is 10.5. The first kappa shape index (κ1) is 23.3. The molecule has 0 saturated heterocycles. The van der Waals surface area contributed by atoms with Crippen LogP contribution in [0.5, 0.6) is 5.75 Å². The van der Waals surface area contributed by atoms with E-state index in [-0.39, 0.29) is 6.61 Å². The van der Waals surface area contributed by atoms with Gasteiger partial charge in [0.15, 0.2) is 0 Å². The first-order valence-corrected chi connectivity index (χ1v) is 11.3. The van der Waals surface area contributed by atoms with Gasteiger partial charge in [0.1, 0.15) is 12.4 Å². The molecule has 0 unspecified atom stereocenters. The van der Waals surface area contributed by atoms with Crippen LogP contribution in [-0.4, -0.2) is 35.5 Å². The zero-order valence-electron chi connectivity index (χ0n) is 18.7. The topological polar surface area (TPSA) is 94.5 Å². The van der Waals surface area contributed by atoms with Gasteiger partial charge in [-0.05, 0) is 53.2 Å². The third-order valence-electron chi connectivity index (χ3n) is 5.32. The standard InChI is InChI=1S/C25H23BrN4O4/c1-4-12-34-24(31)21-15(2)27-25(32)28-23(21)18-14-30(17-8-6-5-7-9-17)29-22(18)16-10-11-20(33-3)19(26)13-16/h4-11,13-14,23H,1,12H2,2-3H3,(H2,27,28,32)/t23-/m0/s1. The lowest BCUT2D eigenvalue weighted by atomic mass is 9.94. The molecule has 1 atom stereocenters. The van der Waals surface area contributed by atoms with Gasteiger partial charge in [0.05, 0.1) is 34.6 Å². The molecule has 9 heteroatoms. The van der Waals surface area contributed by atoms with Crippen LogP contribution < -0.4 is 15.4 Å². The van der Waals surface area contributed by atoms with Gasteiger partial charge in [-0.25, -0.2) is 14.3 Å². The number of urea groups is 1. The summed E-state index contributed by atoms with van der Waals surface area (Å²) in [7, 11) is 1.59. The van der Waals surface area contributed by atoms with Gasteiger partial charge in [0, 0.05) is 23.0 Å². The first-order chi connectivity index (χ1) is 16.4. The number of esters is 1. The Balaban J connectivity index is 1.89. The molecule has 3 aromatic rings. The van der Waals surface area contributed by atoms with E-state index in [1.165, 1.54) is 6.08 Å². The molecule has 2 aromatic carbocycles. The fraction of sp³-hybridized carbons (Fsp3) is 0.160. The summed E-state index contributed by atoms with van der Waals surface area (Å²) in [5.74, 6) is 0.122. The van der Waals surface area contributed by atoms with Gasteiger partial charge < -0.3 is 20.1 Å². The lowest BCUT2D eigenvalue weighted by molar-refractivity contribution is -0.138. The maximum atomic E-state index is 12.9. The maximum Gasteiger partial charge on any atom is 0.338 e. The number of hydrogen-bond acceptors (Lipinski definition) is 5. The van der Waals surface area contributed by atoms with Gasteiger partial charge in [-0.1, -0.05) is 30.9 Å². The summed E-state index contributed by atoms with van der Waals surface area (Å²) in [5, 5.41) is 10.3. The quantitative estimate of drug-likeness (QED) is 0.347. The van der Waals surface area contributed by atoms with E-state index in [4.69, 9.17) is 14.6 Å². The summed E-state index contributed by atoms with van der Waals surface area (Å²) in [5.41, 5.74) is 3.56. The zero-order valence-corrected chi connectivity index (χ0v) is 20.3. The third kappa shape index (κ3) is 4.60. The number of carbonyl (C=O) groups is 2. The maximum absolute atomic E-state index is 12.9. The van der Waals surface area contributed by atoms with E-state index in [2.05, 4.69) is 33.1 Å². The smallest absolute Gasteiger partial charge is 0.338 e. The van der Waals surface area contributed by atoms with Crippen molar-refractivity contribution in [2.75, 3.05) is 13.7 Å². The molecule has 2 amide bonds. The Bertz CT molecular complexity index is 1280. The third-order valence-corrected chi connectivity index (χ3v) is 5.94. The fourth-order valence-electron chi connectivity index (χ4n) is 3.76. The Morgan fingerprint density at radius 2 is 2.03 bits per heavy atom. The van der Waals surface area contributed by atoms with Crippen molar-refractivity contribution in [2.45, 2.75) is 13.0 Å². The highest BCUT2D eigenvalue weighted by Gasteiger charge is 2.35. The minimum absolute atomic E-state index is 0.0534. The molecular formula is C25H23BrN4O4. The number of rotatable bonds is 7. The normalized spacial score (nSPS) is 15.4. The lowest BCUT2D eigenvalue weighted by Crippen LogP contribution is -2.45. The van der Waals surface area contributed by atoms with Crippen LogP contribution in [0.15, 0.2) is 83.1 Å². The van der Waals surface area contributed by atoms with Crippen LogP contribution in [0.25, 0.3) is 16.9 Å². The Morgan fingerprint density at radius 3 is 2.71 bits per heavy atom. The molecule has 0 radical (unpaired) electrons. The lowest BCUT2D eigenvalue weighted by Gasteiger charge is -2.27. The van der Waals surface area contributed by atoms with E-state index in [1.54, 1.807) is 18.7 Å². The van der Waals surface area contributed by atoms with Crippen LogP contribution in [0.1, 0.15) is 18.5 Å². The largest absolute Gasteiger partial charge is 0.496 e. The number of carbonyl (C=O) groups excluding carboxylic acids is 2. The number of allylic oxidation sites excluding steroid dienone is 1. The second kappa shape index (κ2) is 9.96. The Morgan fingerprint density at radius 1 is 1.26 bits per heavy atom. The zero-order chi connectivity index (χ0) is 24.2. The molecule has 34 heavy (non-hydrogen) atoms. The number of halogens is 1. The van der Waals surface area contributed by atoms with Crippen molar-refractivity contribution >= 4 is 27.9 Å². The molecule has 0 saturated carbocycles. The van der Waals surface area contributed by atoms with Crippen molar-refractivity contribution in [2.24, 2.45) is 0 Å². The number of methoxy groups -OCH3 is 1. The van der Waals surface area contributed by atoms with Gasteiger partial charge in [0.25, 0.3) is 0 Å². The highest BCUT2D eigenvalue weighted by Crippen LogP contribution is 2.37. The summed E-state index contributed by atoms with van der Waals surface area (Å²) in [4.78, 5) is 25.4. The van der Waals surface area contributed by atoms with Crippen molar-refractivity contribution in [3.63, 3.8) is 0 Å². The van der Waals surface area contributed by atoms with Gasteiger partial charge >= 0.3 is 12.0 Å². The Kier molecular flexibility index (Phi) is 6.83. The summed E-state index contributed by atoms with van der Waals surface area (Å²) in [6.07, 6.45) is 3.30. The molecule has 2 N–H and O–H groups in total. The number of nitrogens with zero attached hydrogens (tertiary/aromatic N) is 2. The molecule has 1 aliphatic heterocycles. The molecule has 1 aliphatic rings. The van der Waals surface area contributed by atoms with Crippen LogP contribution in [0.3, 0.4) is 0 Å². The molecule has 0 bridgehead atoms. The number of benzene rings is 2. The number of aromatic nitrogens is 2. The van der Waals surface area contributed by atoms with Crippen LogP contribution in [0.2, 0.25) is 0 Å². The van der Waals surface area contributed by atoms with Crippen molar-refractivity contribution in [1.29, 1.82) is 0 Å².